The second kappa shape index (κ2) is 5.96. The van der Waals surface area contributed by atoms with Crippen LogP contribution in [0.5, 0.6) is 5.75 Å². The standard InChI is InChI=1S/C18H24N4O/c1-22-17(20-21-18(22)14-8-15(19)9-14)11-23-16-7-6-12-4-2-3-5-13(12)10-16/h6-7,10,14-15H,2-5,8-9,11,19H2,1H3. The molecule has 0 saturated heterocycles. The quantitative estimate of drug-likeness (QED) is 0.942. The van der Waals surface area contributed by atoms with E-state index in [4.69, 9.17) is 10.5 Å². The number of rotatable bonds is 4. The molecular formula is C18H24N4O. The second-order valence-electron chi connectivity index (χ2n) is 6.89. The molecule has 0 amide bonds. The van der Waals surface area contributed by atoms with Gasteiger partial charge in [-0.1, -0.05) is 6.07 Å². The van der Waals surface area contributed by atoms with Gasteiger partial charge in [-0.05, 0) is 61.8 Å². The molecule has 0 aliphatic heterocycles. The molecule has 4 rings (SSSR count). The fourth-order valence-corrected chi connectivity index (χ4v) is 3.68. The first-order valence-corrected chi connectivity index (χ1v) is 8.59. The van der Waals surface area contributed by atoms with Crippen LogP contribution in [0.4, 0.5) is 0 Å². The van der Waals surface area contributed by atoms with Crippen molar-refractivity contribution in [3.8, 4) is 5.75 Å². The Morgan fingerprint density at radius 2 is 1.96 bits per heavy atom. The zero-order valence-electron chi connectivity index (χ0n) is 13.7. The van der Waals surface area contributed by atoms with Gasteiger partial charge in [-0.3, -0.25) is 0 Å². The maximum Gasteiger partial charge on any atom is 0.170 e. The summed E-state index contributed by atoms with van der Waals surface area (Å²) in [7, 11) is 2.02. The topological polar surface area (TPSA) is 66.0 Å². The zero-order chi connectivity index (χ0) is 15.8. The summed E-state index contributed by atoms with van der Waals surface area (Å²) >= 11 is 0. The van der Waals surface area contributed by atoms with Gasteiger partial charge >= 0.3 is 0 Å². The Morgan fingerprint density at radius 1 is 1.17 bits per heavy atom. The molecule has 1 aromatic carbocycles. The Labute approximate surface area is 136 Å². The first-order chi connectivity index (χ1) is 11.2. The molecule has 1 fully saturated rings. The van der Waals surface area contributed by atoms with E-state index in [1.54, 1.807) is 0 Å². The lowest BCUT2D eigenvalue weighted by atomic mass is 9.80. The van der Waals surface area contributed by atoms with Crippen LogP contribution in [-0.4, -0.2) is 20.8 Å². The molecule has 0 radical (unpaired) electrons. The van der Waals surface area contributed by atoms with Crippen molar-refractivity contribution in [3.63, 3.8) is 0 Å². The number of fused-ring (bicyclic) bond motifs is 1. The summed E-state index contributed by atoms with van der Waals surface area (Å²) in [6.07, 6.45) is 6.98. The number of hydrogen-bond acceptors (Lipinski definition) is 4. The normalized spacial score (nSPS) is 23.2. The largest absolute Gasteiger partial charge is 0.486 e. The number of nitrogens with zero attached hydrogens (tertiary/aromatic N) is 3. The third kappa shape index (κ3) is 2.85. The van der Waals surface area contributed by atoms with Crippen LogP contribution in [0, 0.1) is 0 Å². The first-order valence-electron chi connectivity index (χ1n) is 8.59. The third-order valence-electron chi connectivity index (χ3n) is 5.23. The summed E-state index contributed by atoms with van der Waals surface area (Å²) in [4.78, 5) is 0. The van der Waals surface area contributed by atoms with Crippen molar-refractivity contribution in [2.45, 2.75) is 57.1 Å². The third-order valence-corrected chi connectivity index (χ3v) is 5.23. The number of aromatic nitrogens is 3. The highest BCUT2D eigenvalue weighted by Gasteiger charge is 2.31. The summed E-state index contributed by atoms with van der Waals surface area (Å²) in [5, 5.41) is 8.63. The van der Waals surface area contributed by atoms with E-state index in [-0.39, 0.29) is 0 Å². The van der Waals surface area contributed by atoms with E-state index in [1.165, 1.54) is 36.8 Å². The van der Waals surface area contributed by atoms with E-state index in [1.807, 2.05) is 7.05 Å². The molecule has 2 aliphatic rings. The van der Waals surface area contributed by atoms with Crippen molar-refractivity contribution in [3.05, 3.63) is 41.0 Å². The fourth-order valence-electron chi connectivity index (χ4n) is 3.68. The van der Waals surface area contributed by atoms with Crippen LogP contribution < -0.4 is 10.5 Å². The van der Waals surface area contributed by atoms with E-state index >= 15 is 0 Å². The SMILES string of the molecule is Cn1c(COc2ccc3c(c2)CCCC3)nnc1C1CC(N)C1. The minimum atomic E-state index is 0.326. The Hall–Kier alpha value is -1.88. The molecule has 2 N–H and O–H groups in total. The van der Waals surface area contributed by atoms with E-state index in [2.05, 4.69) is 33.0 Å². The number of aryl methyl sites for hydroxylation is 2. The van der Waals surface area contributed by atoms with E-state index in [9.17, 15) is 0 Å². The summed E-state index contributed by atoms with van der Waals surface area (Å²) < 4.78 is 8.02. The second-order valence-corrected chi connectivity index (χ2v) is 6.89. The molecule has 0 bridgehead atoms. The average molecular weight is 312 g/mol. The highest BCUT2D eigenvalue weighted by atomic mass is 16.5. The first kappa shape index (κ1) is 14.7. The van der Waals surface area contributed by atoms with Gasteiger partial charge in [0.15, 0.2) is 5.82 Å². The van der Waals surface area contributed by atoms with E-state index < -0.39 is 0 Å². The predicted octanol–water partition coefficient (Wildman–Crippen LogP) is 2.48. The summed E-state index contributed by atoms with van der Waals surface area (Å²) in [6, 6.07) is 6.80. The molecule has 23 heavy (non-hydrogen) atoms. The van der Waals surface area contributed by atoms with Crippen molar-refractivity contribution < 1.29 is 4.74 Å². The summed E-state index contributed by atoms with van der Waals surface area (Å²) in [5.74, 6) is 3.30. The van der Waals surface area contributed by atoms with Gasteiger partial charge in [0.05, 0.1) is 0 Å². The van der Waals surface area contributed by atoms with Crippen molar-refractivity contribution >= 4 is 0 Å². The maximum absolute atomic E-state index is 5.96. The van der Waals surface area contributed by atoms with Crippen molar-refractivity contribution in [2.24, 2.45) is 12.8 Å². The van der Waals surface area contributed by atoms with Crippen LogP contribution in [0.25, 0.3) is 0 Å². The van der Waals surface area contributed by atoms with E-state index in [0.717, 1.165) is 30.2 Å². The minimum absolute atomic E-state index is 0.326. The molecule has 5 nitrogen and oxygen atoms in total. The number of benzene rings is 1. The Kier molecular flexibility index (Phi) is 3.81. The minimum Gasteiger partial charge on any atom is -0.486 e. The zero-order valence-corrected chi connectivity index (χ0v) is 13.7. The van der Waals surface area contributed by atoms with Gasteiger partial charge < -0.3 is 15.0 Å². The molecule has 1 heterocycles. The lowest BCUT2D eigenvalue weighted by Crippen LogP contribution is -2.36. The smallest absolute Gasteiger partial charge is 0.170 e. The van der Waals surface area contributed by atoms with Crippen LogP contribution in [0.1, 0.15) is 54.4 Å². The van der Waals surface area contributed by atoms with Crippen LogP contribution >= 0.6 is 0 Å². The lowest BCUT2D eigenvalue weighted by Gasteiger charge is -2.31. The van der Waals surface area contributed by atoms with Crippen LogP contribution in [0.3, 0.4) is 0 Å². The number of nitrogens with two attached hydrogens (primary N) is 1. The van der Waals surface area contributed by atoms with Crippen molar-refractivity contribution in [1.29, 1.82) is 0 Å². The Morgan fingerprint density at radius 3 is 2.74 bits per heavy atom. The van der Waals surface area contributed by atoms with E-state index in [0.29, 0.717) is 18.6 Å². The molecule has 1 saturated carbocycles. The van der Waals surface area contributed by atoms with Crippen LogP contribution in [-0.2, 0) is 26.5 Å². The fraction of sp³-hybridized carbons (Fsp3) is 0.556. The molecule has 2 aliphatic carbocycles. The summed E-state index contributed by atoms with van der Waals surface area (Å²) in [6.45, 7) is 0.459. The number of ether oxygens (including phenoxy) is 1. The van der Waals surface area contributed by atoms with Crippen molar-refractivity contribution in [2.75, 3.05) is 0 Å². The summed E-state index contributed by atoms with van der Waals surface area (Å²) in [5.41, 5.74) is 8.79. The molecule has 1 aromatic heterocycles. The molecule has 5 heteroatoms. The van der Waals surface area contributed by atoms with Gasteiger partial charge in [-0.15, -0.1) is 10.2 Å². The molecule has 0 unspecified atom stereocenters. The van der Waals surface area contributed by atoms with Gasteiger partial charge in [0, 0.05) is 19.0 Å². The molecule has 0 atom stereocenters. The van der Waals surface area contributed by atoms with Gasteiger partial charge in [0.1, 0.15) is 18.2 Å². The maximum atomic E-state index is 5.96. The average Bonchev–Trinajstić information content (AvgIpc) is 2.90. The lowest BCUT2D eigenvalue weighted by molar-refractivity contribution is 0.287. The highest BCUT2D eigenvalue weighted by molar-refractivity contribution is 5.37. The van der Waals surface area contributed by atoms with Crippen molar-refractivity contribution in [1.82, 2.24) is 14.8 Å². The monoisotopic (exact) mass is 312 g/mol. The van der Waals surface area contributed by atoms with Crippen LogP contribution in [0.15, 0.2) is 18.2 Å². The van der Waals surface area contributed by atoms with Gasteiger partial charge in [0.2, 0.25) is 0 Å². The predicted molar refractivity (Wildman–Crippen MR) is 88.4 cm³/mol. The van der Waals surface area contributed by atoms with Gasteiger partial charge in [0.25, 0.3) is 0 Å². The van der Waals surface area contributed by atoms with Gasteiger partial charge in [-0.25, -0.2) is 0 Å². The number of hydrogen-bond donors (Lipinski definition) is 1. The Balaban J connectivity index is 1.43. The van der Waals surface area contributed by atoms with Gasteiger partial charge in [-0.2, -0.15) is 0 Å². The highest BCUT2D eigenvalue weighted by Crippen LogP contribution is 2.34. The Bertz CT molecular complexity index is 703. The molecule has 0 spiro atoms. The molecular weight excluding hydrogens is 288 g/mol. The molecule has 122 valence electrons. The molecule has 2 aromatic rings. The van der Waals surface area contributed by atoms with Crippen LogP contribution in [0.2, 0.25) is 0 Å².